The number of ether oxygens (including phenoxy) is 1. The van der Waals surface area contributed by atoms with Crippen LogP contribution in [0.4, 0.5) is 13.2 Å². The van der Waals surface area contributed by atoms with E-state index in [9.17, 15) is 8.78 Å². The number of hydrogen-bond acceptors (Lipinski definition) is 1. The molecule has 1 heterocycles. The topological polar surface area (TPSA) is 12.5 Å². The van der Waals surface area contributed by atoms with Crippen molar-refractivity contribution in [3.8, 4) is 22.3 Å². The predicted molar refractivity (Wildman–Crippen MR) is 135 cm³/mol. The summed E-state index contributed by atoms with van der Waals surface area (Å²) in [6.45, 7) is 2.61. The van der Waals surface area contributed by atoms with E-state index in [4.69, 9.17) is 4.74 Å². The van der Waals surface area contributed by atoms with E-state index in [-0.39, 0.29) is 34.9 Å². The number of epoxide rings is 1. The number of aryl methyl sites for hydroxylation is 1. The maximum atomic E-state index is 15.0. The molecule has 1 aliphatic heterocycles. The minimum Gasteiger partial charge on any atom is -0.372 e. The van der Waals surface area contributed by atoms with Crippen molar-refractivity contribution in [2.75, 3.05) is 6.61 Å². The van der Waals surface area contributed by atoms with Crippen LogP contribution in [0.25, 0.3) is 28.3 Å². The minimum absolute atomic E-state index is 0.0196. The van der Waals surface area contributed by atoms with Crippen molar-refractivity contribution in [1.82, 2.24) is 0 Å². The second-order valence-corrected chi connectivity index (χ2v) is 9.51. The molecule has 4 heteroatoms. The zero-order chi connectivity index (χ0) is 24.4. The molecule has 1 fully saturated rings. The highest BCUT2D eigenvalue weighted by Crippen LogP contribution is 2.38. The van der Waals surface area contributed by atoms with Crippen LogP contribution >= 0.6 is 0 Å². The smallest absolute Gasteiger partial charge is 0.167 e. The van der Waals surface area contributed by atoms with Gasteiger partial charge in [-0.1, -0.05) is 72.8 Å². The van der Waals surface area contributed by atoms with Crippen LogP contribution in [-0.4, -0.2) is 12.7 Å². The van der Waals surface area contributed by atoms with Crippen molar-refractivity contribution in [2.45, 2.75) is 38.7 Å². The van der Waals surface area contributed by atoms with E-state index in [0.717, 1.165) is 36.8 Å². The molecule has 0 spiro atoms. The molecule has 3 aromatic rings. The Bertz CT molecular complexity index is 1240. The average molecular weight is 475 g/mol. The molecular formula is C31H29F3O. The third kappa shape index (κ3) is 5.28. The summed E-state index contributed by atoms with van der Waals surface area (Å²) in [5, 5.41) is 0. The Balaban J connectivity index is 1.26. The van der Waals surface area contributed by atoms with E-state index < -0.39 is 11.6 Å². The monoisotopic (exact) mass is 474 g/mol. The highest BCUT2D eigenvalue weighted by molar-refractivity contribution is 5.72. The standard InChI is InChI=1S/C31H29F3O/c1-2-3-20-6-11-23(12-7-20)25-16-17-26(31(34)30(25)33)24-13-8-21(9-14-24)4-5-22-10-15-27(28(32)18-22)29-19-35-29/h2-3,6-9,11-14,16-18,22,27,29H,4-5,10,15,19H2,1H3/b3-2+. The summed E-state index contributed by atoms with van der Waals surface area (Å²) < 4.78 is 49.6. The molecule has 3 unspecified atom stereocenters. The Hall–Kier alpha value is -3.11. The minimum atomic E-state index is -0.843. The van der Waals surface area contributed by atoms with Crippen LogP contribution in [0.1, 0.15) is 37.3 Å². The molecule has 180 valence electrons. The average Bonchev–Trinajstić information content (AvgIpc) is 3.71. The number of allylic oxidation sites excluding steroid dienone is 2. The Morgan fingerprint density at radius 1 is 0.829 bits per heavy atom. The SMILES string of the molecule is C/C=C/c1ccc(-c2ccc(-c3ccc(CCC4C=C(F)C(C5CO5)CC4)cc3)c(F)c2F)cc1. The van der Waals surface area contributed by atoms with Gasteiger partial charge in [0.15, 0.2) is 11.6 Å². The summed E-state index contributed by atoms with van der Waals surface area (Å²) >= 11 is 0. The van der Waals surface area contributed by atoms with Gasteiger partial charge < -0.3 is 4.74 Å². The molecule has 2 aliphatic rings. The van der Waals surface area contributed by atoms with Crippen molar-refractivity contribution in [3.05, 3.63) is 101 Å². The van der Waals surface area contributed by atoms with Crippen molar-refractivity contribution in [3.63, 3.8) is 0 Å². The van der Waals surface area contributed by atoms with Gasteiger partial charge in [0.25, 0.3) is 0 Å². The van der Waals surface area contributed by atoms with Crippen molar-refractivity contribution in [2.24, 2.45) is 11.8 Å². The first-order chi connectivity index (χ1) is 17.0. The predicted octanol–water partition coefficient (Wildman–Crippen LogP) is 8.54. The normalized spacial score (nSPS) is 21.8. The second kappa shape index (κ2) is 10.2. The second-order valence-electron chi connectivity index (χ2n) is 9.51. The third-order valence-corrected chi connectivity index (χ3v) is 7.14. The summed E-state index contributed by atoms with van der Waals surface area (Å²) in [7, 11) is 0. The van der Waals surface area contributed by atoms with Crippen LogP contribution < -0.4 is 0 Å². The number of hydrogen-bond donors (Lipinski definition) is 0. The Morgan fingerprint density at radius 2 is 1.43 bits per heavy atom. The fourth-order valence-electron chi connectivity index (χ4n) is 5.01. The zero-order valence-electron chi connectivity index (χ0n) is 19.8. The summed E-state index contributed by atoms with van der Waals surface area (Å²) in [5.41, 5.74) is 3.88. The van der Waals surface area contributed by atoms with Gasteiger partial charge in [0.05, 0.1) is 12.7 Å². The molecule has 0 radical (unpaired) electrons. The van der Waals surface area contributed by atoms with Crippen LogP contribution in [0.2, 0.25) is 0 Å². The molecule has 3 aromatic carbocycles. The molecule has 0 amide bonds. The molecule has 5 rings (SSSR count). The van der Waals surface area contributed by atoms with Gasteiger partial charge in [-0.2, -0.15) is 0 Å². The maximum Gasteiger partial charge on any atom is 0.167 e. The fourth-order valence-corrected chi connectivity index (χ4v) is 5.01. The first kappa shape index (κ1) is 23.6. The zero-order valence-corrected chi connectivity index (χ0v) is 19.8. The van der Waals surface area contributed by atoms with Crippen LogP contribution in [0, 0.1) is 23.5 Å². The molecule has 1 saturated heterocycles. The van der Waals surface area contributed by atoms with Gasteiger partial charge in [0.2, 0.25) is 0 Å². The fraction of sp³-hybridized carbons (Fsp3) is 0.290. The van der Waals surface area contributed by atoms with Crippen molar-refractivity contribution >= 4 is 6.08 Å². The number of halogens is 3. The summed E-state index contributed by atoms with van der Waals surface area (Å²) in [5.74, 6) is -1.52. The van der Waals surface area contributed by atoms with Gasteiger partial charge in [0.1, 0.15) is 5.83 Å². The molecule has 35 heavy (non-hydrogen) atoms. The van der Waals surface area contributed by atoms with E-state index in [2.05, 4.69) is 0 Å². The molecule has 0 bridgehead atoms. The lowest BCUT2D eigenvalue weighted by Gasteiger charge is -2.23. The molecule has 0 N–H and O–H groups in total. The molecule has 1 nitrogen and oxygen atoms in total. The highest BCUT2D eigenvalue weighted by atomic mass is 19.2. The van der Waals surface area contributed by atoms with E-state index in [1.165, 1.54) is 0 Å². The highest BCUT2D eigenvalue weighted by Gasteiger charge is 2.37. The summed E-state index contributed by atoms with van der Waals surface area (Å²) in [6, 6.07) is 18.2. The van der Waals surface area contributed by atoms with E-state index in [1.807, 2.05) is 55.5 Å². The van der Waals surface area contributed by atoms with Gasteiger partial charge in [-0.25, -0.2) is 13.2 Å². The van der Waals surface area contributed by atoms with Crippen molar-refractivity contribution < 1.29 is 17.9 Å². The van der Waals surface area contributed by atoms with Crippen LogP contribution in [0.5, 0.6) is 0 Å². The van der Waals surface area contributed by atoms with Crippen LogP contribution in [-0.2, 0) is 11.2 Å². The summed E-state index contributed by atoms with van der Waals surface area (Å²) in [4.78, 5) is 0. The van der Waals surface area contributed by atoms with Gasteiger partial charge in [-0.05, 0) is 66.9 Å². The number of rotatable bonds is 7. The first-order valence-corrected chi connectivity index (χ1v) is 12.3. The Morgan fingerprint density at radius 3 is 1.97 bits per heavy atom. The lowest BCUT2D eigenvalue weighted by molar-refractivity contribution is 0.278. The van der Waals surface area contributed by atoms with E-state index in [0.29, 0.717) is 17.7 Å². The van der Waals surface area contributed by atoms with E-state index in [1.54, 1.807) is 30.3 Å². The number of benzene rings is 3. The lowest BCUT2D eigenvalue weighted by Crippen LogP contribution is -2.17. The van der Waals surface area contributed by atoms with Crippen molar-refractivity contribution in [1.29, 1.82) is 0 Å². The Kier molecular flexibility index (Phi) is 6.92. The quantitative estimate of drug-likeness (QED) is 0.313. The molecule has 0 saturated carbocycles. The third-order valence-electron chi connectivity index (χ3n) is 7.14. The van der Waals surface area contributed by atoms with Gasteiger partial charge in [-0.3, -0.25) is 0 Å². The first-order valence-electron chi connectivity index (χ1n) is 12.3. The largest absolute Gasteiger partial charge is 0.372 e. The molecule has 0 aromatic heterocycles. The van der Waals surface area contributed by atoms with Gasteiger partial charge in [0, 0.05) is 17.0 Å². The summed E-state index contributed by atoms with van der Waals surface area (Å²) in [6.07, 6.45) is 9.26. The lowest BCUT2D eigenvalue weighted by atomic mass is 9.83. The van der Waals surface area contributed by atoms with Gasteiger partial charge in [-0.15, -0.1) is 0 Å². The Labute approximate surface area is 205 Å². The van der Waals surface area contributed by atoms with E-state index >= 15 is 4.39 Å². The van der Waals surface area contributed by atoms with Crippen LogP contribution in [0.15, 0.2) is 78.6 Å². The molecule has 3 atom stereocenters. The molecule has 1 aliphatic carbocycles. The maximum absolute atomic E-state index is 15.0. The van der Waals surface area contributed by atoms with Crippen LogP contribution in [0.3, 0.4) is 0 Å². The molecular weight excluding hydrogens is 445 g/mol. The van der Waals surface area contributed by atoms with Gasteiger partial charge >= 0.3 is 0 Å².